The molecule has 0 saturated heterocycles. The molecule has 0 heterocycles. The van der Waals surface area contributed by atoms with Gasteiger partial charge in [0.25, 0.3) is 5.91 Å². The van der Waals surface area contributed by atoms with Crippen molar-refractivity contribution < 1.29 is 9.18 Å². The van der Waals surface area contributed by atoms with Gasteiger partial charge in [-0.15, -0.1) is 0 Å². The van der Waals surface area contributed by atoms with Crippen LogP contribution in [0, 0.1) is 5.82 Å². The van der Waals surface area contributed by atoms with Crippen LogP contribution in [0.15, 0.2) is 48.5 Å². The number of carbonyl (C=O) groups excluding carboxylic acids is 1. The maximum Gasteiger partial charge on any atom is 0.251 e. The van der Waals surface area contributed by atoms with E-state index in [1.807, 2.05) is 24.3 Å². The van der Waals surface area contributed by atoms with Crippen molar-refractivity contribution in [2.24, 2.45) is 5.73 Å². The van der Waals surface area contributed by atoms with Gasteiger partial charge in [-0.2, -0.15) is 0 Å². The Balaban J connectivity index is 2.04. The molecule has 0 aliphatic rings. The maximum absolute atomic E-state index is 13.0. The molecule has 0 unspecified atom stereocenters. The van der Waals surface area contributed by atoms with Crippen LogP contribution in [0.2, 0.25) is 0 Å². The minimum Gasteiger partial charge on any atom is -0.348 e. The first-order valence-corrected chi connectivity index (χ1v) is 6.01. The summed E-state index contributed by atoms with van der Waals surface area (Å²) in [6.45, 7) is 0.800. The molecule has 0 aliphatic carbocycles. The molecular formula is C15H15FN2O. The lowest BCUT2D eigenvalue weighted by molar-refractivity contribution is 0.0950. The summed E-state index contributed by atoms with van der Waals surface area (Å²) in [5.41, 5.74) is 7.89. The first-order valence-electron chi connectivity index (χ1n) is 6.01. The number of amides is 1. The molecular weight excluding hydrogens is 243 g/mol. The molecule has 2 aromatic rings. The highest BCUT2D eigenvalue weighted by molar-refractivity contribution is 5.94. The maximum atomic E-state index is 13.0. The SMILES string of the molecule is NCc1ccccc1CNC(=O)c1cccc(F)c1. The predicted octanol–water partition coefficient (Wildman–Crippen LogP) is 2.21. The van der Waals surface area contributed by atoms with Gasteiger partial charge in [-0.25, -0.2) is 4.39 Å². The molecule has 3 N–H and O–H groups in total. The van der Waals surface area contributed by atoms with Crippen molar-refractivity contribution in [2.75, 3.05) is 0 Å². The summed E-state index contributed by atoms with van der Waals surface area (Å²) in [6, 6.07) is 13.2. The molecule has 0 aromatic heterocycles. The smallest absolute Gasteiger partial charge is 0.251 e. The van der Waals surface area contributed by atoms with Crippen LogP contribution in [0.4, 0.5) is 4.39 Å². The molecule has 3 nitrogen and oxygen atoms in total. The van der Waals surface area contributed by atoms with E-state index in [4.69, 9.17) is 5.73 Å². The van der Waals surface area contributed by atoms with Crippen LogP contribution in [-0.2, 0) is 13.1 Å². The number of halogens is 1. The van der Waals surface area contributed by atoms with Gasteiger partial charge in [0.05, 0.1) is 0 Å². The molecule has 2 aromatic carbocycles. The van der Waals surface area contributed by atoms with Crippen molar-refractivity contribution >= 4 is 5.91 Å². The van der Waals surface area contributed by atoms with Crippen LogP contribution < -0.4 is 11.1 Å². The van der Waals surface area contributed by atoms with Gasteiger partial charge in [0.15, 0.2) is 0 Å². The zero-order chi connectivity index (χ0) is 13.7. The minimum atomic E-state index is -0.421. The van der Waals surface area contributed by atoms with E-state index in [9.17, 15) is 9.18 Å². The lowest BCUT2D eigenvalue weighted by atomic mass is 10.1. The largest absolute Gasteiger partial charge is 0.348 e. The number of rotatable bonds is 4. The highest BCUT2D eigenvalue weighted by Gasteiger charge is 2.07. The van der Waals surface area contributed by atoms with Crippen LogP contribution in [0.3, 0.4) is 0 Å². The lowest BCUT2D eigenvalue weighted by Crippen LogP contribution is -2.23. The normalized spacial score (nSPS) is 10.2. The van der Waals surface area contributed by atoms with E-state index in [0.29, 0.717) is 18.7 Å². The van der Waals surface area contributed by atoms with Crippen LogP contribution in [0.25, 0.3) is 0 Å². The molecule has 19 heavy (non-hydrogen) atoms. The van der Waals surface area contributed by atoms with Crippen molar-refractivity contribution in [2.45, 2.75) is 13.1 Å². The zero-order valence-corrected chi connectivity index (χ0v) is 10.4. The highest BCUT2D eigenvalue weighted by Crippen LogP contribution is 2.08. The molecule has 0 atom stereocenters. The Kier molecular flexibility index (Phi) is 4.26. The molecule has 0 radical (unpaired) electrons. The van der Waals surface area contributed by atoms with Gasteiger partial charge in [-0.1, -0.05) is 30.3 Å². The Labute approximate surface area is 111 Å². The number of nitrogens with one attached hydrogen (secondary N) is 1. The summed E-state index contributed by atoms with van der Waals surface area (Å²) >= 11 is 0. The molecule has 4 heteroatoms. The predicted molar refractivity (Wildman–Crippen MR) is 71.9 cm³/mol. The van der Waals surface area contributed by atoms with Gasteiger partial charge in [0.2, 0.25) is 0 Å². The van der Waals surface area contributed by atoms with Gasteiger partial charge in [0.1, 0.15) is 5.82 Å². The monoisotopic (exact) mass is 258 g/mol. The third-order valence-corrected chi connectivity index (χ3v) is 2.86. The molecule has 2 rings (SSSR count). The quantitative estimate of drug-likeness (QED) is 0.883. The summed E-state index contributed by atoms with van der Waals surface area (Å²) in [5.74, 6) is -0.721. The fourth-order valence-corrected chi connectivity index (χ4v) is 1.84. The van der Waals surface area contributed by atoms with Gasteiger partial charge < -0.3 is 11.1 Å². The van der Waals surface area contributed by atoms with E-state index in [1.165, 1.54) is 18.2 Å². The molecule has 1 amide bonds. The lowest BCUT2D eigenvalue weighted by Gasteiger charge is -2.09. The molecule has 0 fully saturated rings. The van der Waals surface area contributed by atoms with Crippen molar-refractivity contribution in [1.82, 2.24) is 5.32 Å². The van der Waals surface area contributed by atoms with E-state index in [2.05, 4.69) is 5.32 Å². The van der Waals surface area contributed by atoms with Crippen LogP contribution in [-0.4, -0.2) is 5.91 Å². The summed E-state index contributed by atoms with van der Waals surface area (Å²) < 4.78 is 13.0. The summed E-state index contributed by atoms with van der Waals surface area (Å²) in [7, 11) is 0. The van der Waals surface area contributed by atoms with Crippen LogP contribution in [0.5, 0.6) is 0 Å². The van der Waals surface area contributed by atoms with Gasteiger partial charge in [-0.05, 0) is 29.3 Å². The van der Waals surface area contributed by atoms with E-state index in [0.717, 1.165) is 11.1 Å². The molecule has 0 saturated carbocycles. The average Bonchev–Trinajstić information content (AvgIpc) is 2.45. The third-order valence-electron chi connectivity index (χ3n) is 2.86. The zero-order valence-electron chi connectivity index (χ0n) is 10.4. The Morgan fingerprint density at radius 1 is 1.11 bits per heavy atom. The Morgan fingerprint density at radius 3 is 2.53 bits per heavy atom. The van der Waals surface area contributed by atoms with Crippen molar-refractivity contribution in [3.05, 3.63) is 71.0 Å². The second kappa shape index (κ2) is 6.11. The topological polar surface area (TPSA) is 55.1 Å². The van der Waals surface area contributed by atoms with E-state index < -0.39 is 5.82 Å². The number of hydrogen-bond acceptors (Lipinski definition) is 2. The van der Waals surface area contributed by atoms with E-state index in [1.54, 1.807) is 6.07 Å². The first kappa shape index (κ1) is 13.2. The minimum absolute atomic E-state index is 0.300. The van der Waals surface area contributed by atoms with E-state index in [-0.39, 0.29) is 5.91 Å². The van der Waals surface area contributed by atoms with Crippen LogP contribution >= 0.6 is 0 Å². The number of benzene rings is 2. The molecule has 0 bridgehead atoms. The van der Waals surface area contributed by atoms with Crippen molar-refractivity contribution in [3.63, 3.8) is 0 Å². The third kappa shape index (κ3) is 3.39. The highest BCUT2D eigenvalue weighted by atomic mass is 19.1. The van der Waals surface area contributed by atoms with Crippen LogP contribution in [0.1, 0.15) is 21.5 Å². The van der Waals surface area contributed by atoms with Crippen molar-refractivity contribution in [1.29, 1.82) is 0 Å². The Bertz CT molecular complexity index is 584. The van der Waals surface area contributed by atoms with E-state index >= 15 is 0 Å². The standard InChI is InChI=1S/C15H15FN2O/c16-14-7-3-6-11(8-14)15(19)18-10-13-5-2-1-4-12(13)9-17/h1-8H,9-10,17H2,(H,18,19). The summed E-state index contributed by atoms with van der Waals surface area (Å²) in [5, 5.41) is 2.76. The molecule has 0 aliphatic heterocycles. The summed E-state index contributed by atoms with van der Waals surface area (Å²) in [4.78, 5) is 11.9. The Hall–Kier alpha value is -2.20. The second-order valence-corrected chi connectivity index (χ2v) is 4.17. The van der Waals surface area contributed by atoms with Gasteiger partial charge >= 0.3 is 0 Å². The fourth-order valence-electron chi connectivity index (χ4n) is 1.84. The number of hydrogen-bond donors (Lipinski definition) is 2. The summed E-state index contributed by atoms with van der Waals surface area (Å²) in [6.07, 6.45) is 0. The fraction of sp³-hybridized carbons (Fsp3) is 0.133. The number of carbonyl (C=O) groups is 1. The average molecular weight is 258 g/mol. The molecule has 98 valence electrons. The van der Waals surface area contributed by atoms with Gasteiger partial charge in [0, 0.05) is 18.7 Å². The molecule has 0 spiro atoms. The second-order valence-electron chi connectivity index (χ2n) is 4.17. The Morgan fingerprint density at radius 2 is 1.84 bits per heavy atom. The number of nitrogens with two attached hydrogens (primary N) is 1. The van der Waals surface area contributed by atoms with Crippen molar-refractivity contribution in [3.8, 4) is 0 Å². The van der Waals surface area contributed by atoms with Gasteiger partial charge in [-0.3, -0.25) is 4.79 Å². The first-order chi connectivity index (χ1) is 9.20.